The third-order valence-corrected chi connectivity index (χ3v) is 4.77. The SMILES string of the molecule is COc1ccc(/C=N/Nc2nnc(SCC(=O)Nc3cccc([N+](=O)[O-])c3)n2N)cc1. The predicted molar refractivity (Wildman–Crippen MR) is 117 cm³/mol. The van der Waals surface area contributed by atoms with E-state index in [0.29, 0.717) is 5.69 Å². The van der Waals surface area contributed by atoms with Crippen molar-refractivity contribution in [2.24, 2.45) is 5.10 Å². The quantitative estimate of drug-likeness (QED) is 0.148. The summed E-state index contributed by atoms with van der Waals surface area (Å²) in [4.78, 5) is 22.4. The van der Waals surface area contributed by atoms with Crippen molar-refractivity contribution in [3.63, 3.8) is 0 Å². The number of methoxy groups -OCH3 is 1. The number of nitrogen functional groups attached to an aromatic ring is 1. The highest BCUT2D eigenvalue weighted by Crippen LogP contribution is 2.19. The van der Waals surface area contributed by atoms with Gasteiger partial charge >= 0.3 is 0 Å². The zero-order chi connectivity index (χ0) is 22.2. The van der Waals surface area contributed by atoms with Crippen LogP contribution in [0.5, 0.6) is 5.75 Å². The first-order valence-corrected chi connectivity index (χ1v) is 9.75. The maximum Gasteiger partial charge on any atom is 0.271 e. The van der Waals surface area contributed by atoms with E-state index in [-0.39, 0.29) is 28.5 Å². The number of hydrogen-bond donors (Lipinski definition) is 3. The number of aromatic nitrogens is 3. The summed E-state index contributed by atoms with van der Waals surface area (Å²) in [6.45, 7) is 0. The molecule has 3 rings (SSSR count). The Morgan fingerprint density at radius 1 is 1.32 bits per heavy atom. The minimum atomic E-state index is -0.535. The van der Waals surface area contributed by atoms with Crippen molar-refractivity contribution in [3.8, 4) is 5.75 Å². The first-order chi connectivity index (χ1) is 15.0. The molecule has 4 N–H and O–H groups in total. The molecule has 2 aromatic carbocycles. The molecule has 1 heterocycles. The van der Waals surface area contributed by atoms with E-state index in [0.717, 1.165) is 27.8 Å². The van der Waals surface area contributed by atoms with E-state index in [4.69, 9.17) is 10.6 Å². The molecule has 0 unspecified atom stereocenters. The van der Waals surface area contributed by atoms with Crippen LogP contribution in [-0.4, -0.2) is 44.8 Å². The lowest BCUT2D eigenvalue weighted by Crippen LogP contribution is -2.17. The molecule has 31 heavy (non-hydrogen) atoms. The average Bonchev–Trinajstić information content (AvgIpc) is 3.12. The van der Waals surface area contributed by atoms with Gasteiger partial charge in [0, 0.05) is 17.8 Å². The van der Waals surface area contributed by atoms with E-state index in [1.807, 2.05) is 12.1 Å². The molecule has 0 saturated heterocycles. The molecule has 3 aromatic rings. The van der Waals surface area contributed by atoms with Gasteiger partial charge in [0.2, 0.25) is 11.1 Å². The van der Waals surface area contributed by atoms with Gasteiger partial charge in [-0.15, -0.1) is 10.2 Å². The van der Waals surface area contributed by atoms with E-state index < -0.39 is 4.92 Å². The normalized spacial score (nSPS) is 10.7. The average molecular weight is 442 g/mol. The molecular formula is C18H18N8O4S. The molecular weight excluding hydrogens is 424 g/mol. The molecule has 13 heteroatoms. The predicted octanol–water partition coefficient (Wildman–Crippen LogP) is 2.09. The van der Waals surface area contributed by atoms with Crippen LogP contribution in [-0.2, 0) is 4.79 Å². The molecule has 0 atom stereocenters. The number of nitrogens with zero attached hydrogens (tertiary/aromatic N) is 5. The van der Waals surface area contributed by atoms with Crippen LogP contribution in [0.25, 0.3) is 0 Å². The molecule has 12 nitrogen and oxygen atoms in total. The highest BCUT2D eigenvalue weighted by molar-refractivity contribution is 7.99. The molecule has 0 fully saturated rings. The van der Waals surface area contributed by atoms with Crippen LogP contribution in [0.2, 0.25) is 0 Å². The van der Waals surface area contributed by atoms with Gasteiger partial charge < -0.3 is 15.9 Å². The second-order valence-corrected chi connectivity index (χ2v) is 6.91. The highest BCUT2D eigenvalue weighted by Gasteiger charge is 2.13. The summed E-state index contributed by atoms with van der Waals surface area (Å²) >= 11 is 1.05. The van der Waals surface area contributed by atoms with E-state index in [2.05, 4.69) is 26.0 Å². The number of thioether (sulfide) groups is 1. The molecule has 0 bridgehead atoms. The summed E-state index contributed by atoms with van der Waals surface area (Å²) in [6.07, 6.45) is 1.58. The zero-order valence-electron chi connectivity index (χ0n) is 16.3. The number of carbonyl (C=O) groups is 1. The topological polar surface area (TPSA) is 163 Å². The van der Waals surface area contributed by atoms with Crippen molar-refractivity contribution < 1.29 is 14.5 Å². The smallest absolute Gasteiger partial charge is 0.271 e. The minimum Gasteiger partial charge on any atom is -0.497 e. The maximum absolute atomic E-state index is 12.1. The standard InChI is InChI=1S/C18H18N8O4S/c1-30-15-7-5-12(6-8-15)10-20-22-17-23-24-18(25(17)19)31-11-16(27)21-13-3-2-4-14(9-13)26(28)29/h2-10H,11,19H2,1H3,(H,21,27)(H,22,23)/b20-10+. The fraction of sp³-hybridized carbons (Fsp3) is 0.111. The maximum atomic E-state index is 12.1. The van der Waals surface area contributed by atoms with Gasteiger partial charge in [0.05, 0.1) is 24.0 Å². The van der Waals surface area contributed by atoms with Gasteiger partial charge in [0.1, 0.15) is 5.75 Å². The Morgan fingerprint density at radius 2 is 2.10 bits per heavy atom. The molecule has 0 spiro atoms. The van der Waals surface area contributed by atoms with Crippen molar-refractivity contribution in [2.45, 2.75) is 5.16 Å². The number of hydrazone groups is 1. The second kappa shape index (κ2) is 10.1. The fourth-order valence-electron chi connectivity index (χ4n) is 2.33. The van der Waals surface area contributed by atoms with Crippen LogP contribution in [0.15, 0.2) is 58.8 Å². The summed E-state index contributed by atoms with van der Waals surface area (Å²) in [5.74, 6) is 6.45. The minimum absolute atomic E-state index is 0.0207. The van der Waals surface area contributed by atoms with Crippen molar-refractivity contribution in [1.29, 1.82) is 0 Å². The number of carbonyl (C=O) groups excluding carboxylic acids is 1. The van der Waals surface area contributed by atoms with E-state index in [1.165, 1.54) is 18.2 Å². The third-order valence-electron chi connectivity index (χ3n) is 3.83. The lowest BCUT2D eigenvalue weighted by Gasteiger charge is -2.05. The molecule has 0 aliphatic rings. The Hall–Kier alpha value is -4.13. The fourth-order valence-corrected chi connectivity index (χ4v) is 2.99. The lowest BCUT2D eigenvalue weighted by molar-refractivity contribution is -0.384. The van der Waals surface area contributed by atoms with Gasteiger partial charge in [-0.1, -0.05) is 17.8 Å². The van der Waals surface area contributed by atoms with Crippen LogP contribution in [0.4, 0.5) is 17.3 Å². The number of nitrogens with one attached hydrogen (secondary N) is 2. The Kier molecular flexibility index (Phi) is 7.01. The van der Waals surface area contributed by atoms with Crippen LogP contribution >= 0.6 is 11.8 Å². The Morgan fingerprint density at radius 3 is 2.81 bits per heavy atom. The number of nitro groups is 1. The summed E-state index contributed by atoms with van der Waals surface area (Å²) in [5, 5.41) is 25.5. The number of benzene rings is 2. The first-order valence-electron chi connectivity index (χ1n) is 8.77. The summed E-state index contributed by atoms with van der Waals surface area (Å²) in [6, 6.07) is 12.9. The van der Waals surface area contributed by atoms with Gasteiger partial charge in [-0.2, -0.15) is 5.10 Å². The van der Waals surface area contributed by atoms with E-state index >= 15 is 0 Å². The Labute approximate surface area is 180 Å². The molecule has 0 aliphatic heterocycles. The number of ether oxygens (including phenoxy) is 1. The first kappa shape index (κ1) is 21.6. The molecule has 0 saturated carbocycles. The number of anilines is 2. The number of hydrogen-bond acceptors (Lipinski definition) is 10. The lowest BCUT2D eigenvalue weighted by atomic mass is 10.2. The third kappa shape index (κ3) is 5.93. The Bertz CT molecular complexity index is 1100. The molecule has 1 aromatic heterocycles. The van der Waals surface area contributed by atoms with E-state index in [9.17, 15) is 14.9 Å². The Balaban J connectivity index is 1.52. The van der Waals surface area contributed by atoms with Crippen LogP contribution in [0.3, 0.4) is 0 Å². The van der Waals surface area contributed by atoms with Crippen molar-refractivity contribution in [1.82, 2.24) is 14.9 Å². The molecule has 0 radical (unpaired) electrons. The molecule has 160 valence electrons. The van der Waals surface area contributed by atoms with Crippen molar-refractivity contribution in [3.05, 3.63) is 64.2 Å². The van der Waals surface area contributed by atoms with Gasteiger partial charge in [0.25, 0.3) is 11.6 Å². The van der Waals surface area contributed by atoms with E-state index in [1.54, 1.807) is 31.5 Å². The monoisotopic (exact) mass is 442 g/mol. The van der Waals surface area contributed by atoms with Crippen LogP contribution < -0.4 is 21.3 Å². The zero-order valence-corrected chi connectivity index (χ0v) is 17.1. The number of amides is 1. The van der Waals surface area contributed by atoms with Gasteiger partial charge in [-0.3, -0.25) is 14.9 Å². The number of nitrogens with two attached hydrogens (primary N) is 1. The van der Waals surface area contributed by atoms with Gasteiger partial charge in [-0.05, 0) is 35.9 Å². The molecule has 1 amide bonds. The van der Waals surface area contributed by atoms with Gasteiger partial charge in [0.15, 0.2) is 0 Å². The van der Waals surface area contributed by atoms with Gasteiger partial charge in [-0.25, -0.2) is 10.1 Å². The molecule has 0 aliphatic carbocycles. The highest BCUT2D eigenvalue weighted by atomic mass is 32.2. The summed E-state index contributed by atoms with van der Waals surface area (Å²) in [5.41, 5.74) is 3.73. The van der Waals surface area contributed by atoms with Crippen molar-refractivity contribution in [2.75, 3.05) is 29.4 Å². The van der Waals surface area contributed by atoms with Crippen LogP contribution in [0.1, 0.15) is 5.56 Å². The largest absolute Gasteiger partial charge is 0.497 e. The number of non-ortho nitro benzene ring substituents is 1. The summed E-state index contributed by atoms with van der Waals surface area (Å²) in [7, 11) is 1.59. The summed E-state index contributed by atoms with van der Waals surface area (Å²) < 4.78 is 6.26. The number of nitro benzene ring substituents is 1. The number of rotatable bonds is 9. The second-order valence-electron chi connectivity index (χ2n) is 5.96. The van der Waals surface area contributed by atoms with Crippen molar-refractivity contribution >= 4 is 41.2 Å². The van der Waals surface area contributed by atoms with Crippen LogP contribution in [0, 0.1) is 10.1 Å².